The molecule has 0 saturated carbocycles. The number of ether oxygens (including phenoxy) is 1. The number of carbonyl (C=O) groups is 2. The lowest BCUT2D eigenvalue weighted by atomic mass is 9.88. The molecule has 1 atom stereocenters. The molecule has 6 heteroatoms. The molecule has 3 rings (SSSR count). The van der Waals surface area contributed by atoms with E-state index in [0.717, 1.165) is 42.4 Å². The molecule has 0 radical (unpaired) electrons. The predicted octanol–water partition coefficient (Wildman–Crippen LogP) is 4.37. The second kappa shape index (κ2) is 11.0. The van der Waals surface area contributed by atoms with Crippen molar-refractivity contribution in [2.45, 2.75) is 46.0 Å². The monoisotopic (exact) mass is 402 g/mol. The van der Waals surface area contributed by atoms with Crippen molar-refractivity contribution in [2.24, 2.45) is 11.7 Å². The van der Waals surface area contributed by atoms with E-state index in [9.17, 15) is 9.59 Å². The van der Waals surface area contributed by atoms with Gasteiger partial charge in [0.25, 0.3) is 0 Å². The molecular weight excluding hydrogens is 372 g/mol. The number of aryl methyl sites for hydroxylation is 1. The number of rotatable bonds is 7. The van der Waals surface area contributed by atoms with Crippen molar-refractivity contribution in [3.05, 3.63) is 45.8 Å². The molecule has 152 valence electrons. The summed E-state index contributed by atoms with van der Waals surface area (Å²) in [5, 5.41) is 3.65. The van der Waals surface area contributed by atoms with Crippen LogP contribution in [0, 0.1) is 12.8 Å². The molecule has 2 aromatic rings. The van der Waals surface area contributed by atoms with Crippen molar-refractivity contribution >= 4 is 28.5 Å². The lowest BCUT2D eigenvalue weighted by molar-refractivity contribution is -0.116. The molecule has 1 heterocycles. The summed E-state index contributed by atoms with van der Waals surface area (Å²) >= 11 is 1.56. The summed E-state index contributed by atoms with van der Waals surface area (Å²) in [6.45, 7) is 4.75. The maximum Gasteiger partial charge on any atom is 0.225 e. The third-order valence-electron chi connectivity index (χ3n) is 4.73. The number of nitrogens with two attached hydrogens (primary N) is 1. The number of hydrogen-bond acceptors (Lipinski definition) is 5. The molecule has 0 aliphatic heterocycles. The lowest BCUT2D eigenvalue weighted by Gasteiger charge is -2.17. The number of thiophene rings is 1. The normalized spacial score (nSPS) is 15.1. The van der Waals surface area contributed by atoms with E-state index >= 15 is 0 Å². The summed E-state index contributed by atoms with van der Waals surface area (Å²) in [6, 6.07) is 7.87. The average molecular weight is 403 g/mol. The van der Waals surface area contributed by atoms with Gasteiger partial charge in [0.1, 0.15) is 10.8 Å². The van der Waals surface area contributed by atoms with E-state index in [1.165, 1.54) is 11.9 Å². The van der Waals surface area contributed by atoms with Crippen molar-refractivity contribution in [3.63, 3.8) is 0 Å². The lowest BCUT2D eigenvalue weighted by Crippen LogP contribution is -2.13. The van der Waals surface area contributed by atoms with E-state index in [-0.39, 0.29) is 5.91 Å². The summed E-state index contributed by atoms with van der Waals surface area (Å²) in [6.07, 6.45) is 4.94. The number of nitrogens with one attached hydrogen (secondary N) is 1. The van der Waals surface area contributed by atoms with Gasteiger partial charge in [-0.2, -0.15) is 0 Å². The van der Waals surface area contributed by atoms with Gasteiger partial charge < -0.3 is 15.8 Å². The fraction of sp³-hybridized carbons (Fsp3) is 0.455. The van der Waals surface area contributed by atoms with Crippen LogP contribution in [0.1, 0.15) is 52.5 Å². The summed E-state index contributed by atoms with van der Waals surface area (Å²) in [7, 11) is 1.50. The zero-order valence-corrected chi connectivity index (χ0v) is 17.7. The molecule has 1 aromatic carbocycles. The summed E-state index contributed by atoms with van der Waals surface area (Å²) < 4.78 is 5.68. The maximum atomic E-state index is 12.2. The number of benzene rings is 1. The molecule has 0 saturated heterocycles. The highest BCUT2D eigenvalue weighted by molar-refractivity contribution is 7.16. The molecule has 0 bridgehead atoms. The summed E-state index contributed by atoms with van der Waals surface area (Å²) in [5.41, 5.74) is 7.47. The molecule has 0 fully saturated rings. The van der Waals surface area contributed by atoms with Crippen molar-refractivity contribution in [2.75, 3.05) is 19.0 Å². The minimum Gasteiger partial charge on any atom is -0.494 e. The van der Waals surface area contributed by atoms with Crippen LogP contribution in [0.3, 0.4) is 0 Å². The number of carbonyl (C=O) groups excluding carboxylic acids is 2. The average Bonchev–Trinajstić information content (AvgIpc) is 3.02. The molecule has 1 unspecified atom stereocenters. The smallest absolute Gasteiger partial charge is 0.225 e. The standard InChI is InChI=1S/C21H25NO3S.CH5N/c1-14-5-3-6-16(11-14)25-10-4-7-20(24)22-21-18(13-23)17-9-8-15(2)12-19(17)26-21;1-2/h3,5-6,11,13,15H,4,7-10,12H2,1-2H3,(H,22,24);2H2,1H3. The van der Waals surface area contributed by atoms with Crippen LogP contribution < -0.4 is 15.8 Å². The summed E-state index contributed by atoms with van der Waals surface area (Å²) in [4.78, 5) is 25.0. The first-order chi connectivity index (χ1) is 13.6. The van der Waals surface area contributed by atoms with Crippen LogP contribution in [-0.4, -0.2) is 25.8 Å². The third kappa shape index (κ3) is 5.91. The zero-order valence-electron chi connectivity index (χ0n) is 16.9. The Balaban J connectivity index is 0.00000136. The SMILES string of the molecule is CN.Cc1cccc(OCCCC(=O)Nc2sc3c(c2C=O)CCC(C)C3)c1. The van der Waals surface area contributed by atoms with Gasteiger partial charge in [-0.05, 0) is 68.8 Å². The number of amides is 1. The van der Waals surface area contributed by atoms with Crippen LogP contribution in [-0.2, 0) is 17.6 Å². The predicted molar refractivity (Wildman–Crippen MR) is 116 cm³/mol. The van der Waals surface area contributed by atoms with Crippen molar-refractivity contribution in [3.8, 4) is 5.75 Å². The Morgan fingerprint density at radius 3 is 2.89 bits per heavy atom. The fourth-order valence-corrected chi connectivity index (χ4v) is 4.71. The third-order valence-corrected chi connectivity index (χ3v) is 5.92. The molecule has 5 nitrogen and oxygen atoms in total. The number of hydrogen-bond donors (Lipinski definition) is 2. The van der Waals surface area contributed by atoms with E-state index in [4.69, 9.17) is 4.74 Å². The van der Waals surface area contributed by atoms with Crippen molar-refractivity contribution < 1.29 is 14.3 Å². The van der Waals surface area contributed by atoms with E-state index in [0.29, 0.717) is 35.9 Å². The zero-order chi connectivity index (χ0) is 20.5. The number of aldehydes is 1. The Bertz CT molecular complexity index is 801. The fourth-order valence-electron chi connectivity index (χ4n) is 3.31. The minimum atomic E-state index is -0.0624. The largest absolute Gasteiger partial charge is 0.494 e. The van der Waals surface area contributed by atoms with E-state index < -0.39 is 0 Å². The summed E-state index contributed by atoms with van der Waals surface area (Å²) in [5.74, 6) is 1.41. The van der Waals surface area contributed by atoms with Crippen molar-refractivity contribution in [1.29, 1.82) is 0 Å². The first-order valence-corrected chi connectivity index (χ1v) is 10.5. The molecular formula is C22H30N2O3S. The molecule has 1 aliphatic rings. The Kier molecular flexibility index (Phi) is 8.67. The first-order valence-electron chi connectivity index (χ1n) is 9.73. The van der Waals surface area contributed by atoms with E-state index in [1.54, 1.807) is 11.3 Å². The molecule has 28 heavy (non-hydrogen) atoms. The maximum absolute atomic E-state index is 12.2. The van der Waals surface area contributed by atoms with Gasteiger partial charge in [0.2, 0.25) is 5.91 Å². The Hall–Kier alpha value is -2.18. The molecule has 1 aromatic heterocycles. The second-order valence-corrected chi connectivity index (χ2v) is 8.13. The van der Waals surface area contributed by atoms with Crippen LogP contribution in [0.2, 0.25) is 0 Å². The van der Waals surface area contributed by atoms with Gasteiger partial charge in [0.15, 0.2) is 6.29 Å². The second-order valence-electron chi connectivity index (χ2n) is 7.03. The molecule has 3 N–H and O–H groups in total. The molecule has 1 aliphatic carbocycles. The highest BCUT2D eigenvalue weighted by atomic mass is 32.1. The molecule has 0 spiro atoms. The van der Waals surface area contributed by atoms with Crippen LogP contribution >= 0.6 is 11.3 Å². The van der Waals surface area contributed by atoms with E-state index in [2.05, 4.69) is 18.0 Å². The Morgan fingerprint density at radius 2 is 2.18 bits per heavy atom. The van der Waals surface area contributed by atoms with Crippen LogP contribution in [0.4, 0.5) is 5.00 Å². The quantitative estimate of drug-likeness (QED) is 0.532. The Labute approximate surface area is 171 Å². The van der Waals surface area contributed by atoms with Gasteiger partial charge in [-0.3, -0.25) is 9.59 Å². The molecule has 1 amide bonds. The minimum absolute atomic E-state index is 0.0624. The van der Waals surface area contributed by atoms with Gasteiger partial charge >= 0.3 is 0 Å². The number of fused-ring (bicyclic) bond motifs is 1. The highest BCUT2D eigenvalue weighted by Crippen LogP contribution is 2.38. The van der Waals surface area contributed by atoms with Gasteiger partial charge in [0.05, 0.1) is 12.2 Å². The topological polar surface area (TPSA) is 81.4 Å². The number of anilines is 1. The van der Waals surface area contributed by atoms with Gasteiger partial charge in [-0.25, -0.2) is 0 Å². The van der Waals surface area contributed by atoms with Crippen LogP contribution in [0.5, 0.6) is 5.75 Å². The Morgan fingerprint density at radius 1 is 1.39 bits per heavy atom. The van der Waals surface area contributed by atoms with Crippen LogP contribution in [0.25, 0.3) is 0 Å². The van der Waals surface area contributed by atoms with Crippen molar-refractivity contribution in [1.82, 2.24) is 0 Å². The highest BCUT2D eigenvalue weighted by Gasteiger charge is 2.24. The van der Waals surface area contributed by atoms with Gasteiger partial charge in [-0.1, -0.05) is 19.1 Å². The first kappa shape index (κ1) is 22.1. The van der Waals surface area contributed by atoms with Gasteiger partial charge in [0, 0.05) is 11.3 Å². The van der Waals surface area contributed by atoms with Crippen LogP contribution in [0.15, 0.2) is 24.3 Å². The van der Waals surface area contributed by atoms with Gasteiger partial charge in [-0.15, -0.1) is 11.3 Å². The van der Waals surface area contributed by atoms with E-state index in [1.807, 2.05) is 31.2 Å².